The fourth-order valence-electron chi connectivity index (χ4n) is 2.02. The molecule has 0 bridgehead atoms. The number of ether oxygens (including phenoxy) is 1. The van der Waals surface area contributed by atoms with Crippen LogP contribution in [0, 0.1) is 0 Å². The highest BCUT2D eigenvalue weighted by molar-refractivity contribution is 7.14. The van der Waals surface area contributed by atoms with Crippen molar-refractivity contribution in [1.29, 1.82) is 0 Å². The molecule has 5 nitrogen and oxygen atoms in total. The Labute approximate surface area is 133 Å². The van der Waals surface area contributed by atoms with E-state index < -0.39 is 5.60 Å². The molecular formula is C16H20N2O3S. The van der Waals surface area contributed by atoms with E-state index in [-0.39, 0.29) is 12.6 Å². The number of thiophene rings is 1. The van der Waals surface area contributed by atoms with Crippen LogP contribution in [0.25, 0.3) is 0 Å². The maximum Gasteiger partial charge on any atom is 0.319 e. The summed E-state index contributed by atoms with van der Waals surface area (Å²) in [7, 11) is 1.61. The maximum absolute atomic E-state index is 11.7. The first kappa shape index (κ1) is 16.3. The number of carbonyl (C=O) groups is 1. The standard InChI is InChI=1S/C16H20N2O3S/c1-16(20,10-12-5-7-13(21-2)8-6-12)11-17-15(19)18-14-4-3-9-22-14/h3-9,20H,10-11H2,1-2H3,(H2,17,18,19). The van der Waals surface area contributed by atoms with Gasteiger partial charge in [0, 0.05) is 13.0 Å². The lowest BCUT2D eigenvalue weighted by molar-refractivity contribution is 0.0629. The van der Waals surface area contributed by atoms with Crippen LogP contribution in [-0.4, -0.2) is 30.4 Å². The zero-order valence-electron chi connectivity index (χ0n) is 12.6. The number of aliphatic hydroxyl groups is 1. The molecule has 118 valence electrons. The molecule has 6 heteroatoms. The lowest BCUT2D eigenvalue weighted by Crippen LogP contribution is -2.43. The Morgan fingerprint density at radius 1 is 1.32 bits per heavy atom. The molecule has 0 saturated heterocycles. The van der Waals surface area contributed by atoms with Crippen LogP contribution < -0.4 is 15.4 Å². The third-order valence-corrected chi connectivity index (χ3v) is 3.92. The van der Waals surface area contributed by atoms with Crippen LogP contribution in [0.5, 0.6) is 5.75 Å². The van der Waals surface area contributed by atoms with Crippen molar-refractivity contribution in [3.63, 3.8) is 0 Å². The fraction of sp³-hybridized carbons (Fsp3) is 0.312. The highest BCUT2D eigenvalue weighted by atomic mass is 32.1. The first-order valence-electron chi connectivity index (χ1n) is 6.92. The van der Waals surface area contributed by atoms with Gasteiger partial charge in [-0.1, -0.05) is 12.1 Å². The number of amides is 2. The van der Waals surface area contributed by atoms with Crippen LogP contribution >= 0.6 is 11.3 Å². The zero-order valence-corrected chi connectivity index (χ0v) is 13.4. The van der Waals surface area contributed by atoms with Crippen molar-refractivity contribution < 1.29 is 14.6 Å². The Morgan fingerprint density at radius 3 is 2.64 bits per heavy atom. The zero-order chi connectivity index (χ0) is 16.0. The number of nitrogens with one attached hydrogen (secondary N) is 2. The molecule has 0 aliphatic carbocycles. The molecule has 0 aliphatic rings. The van der Waals surface area contributed by atoms with Crippen LogP contribution in [0.15, 0.2) is 41.8 Å². The van der Waals surface area contributed by atoms with Gasteiger partial charge in [0.1, 0.15) is 5.75 Å². The second-order valence-electron chi connectivity index (χ2n) is 5.31. The maximum atomic E-state index is 11.7. The van der Waals surface area contributed by atoms with Crippen molar-refractivity contribution in [3.8, 4) is 5.75 Å². The topological polar surface area (TPSA) is 70.6 Å². The molecular weight excluding hydrogens is 300 g/mol. The van der Waals surface area contributed by atoms with Crippen LogP contribution in [0.1, 0.15) is 12.5 Å². The molecule has 0 saturated carbocycles. The lowest BCUT2D eigenvalue weighted by Gasteiger charge is -2.24. The molecule has 0 spiro atoms. The third-order valence-electron chi connectivity index (χ3n) is 3.13. The fourth-order valence-corrected chi connectivity index (χ4v) is 2.63. The predicted octanol–water partition coefficient (Wildman–Crippen LogP) is 2.87. The van der Waals surface area contributed by atoms with Crippen molar-refractivity contribution in [2.24, 2.45) is 0 Å². The van der Waals surface area contributed by atoms with Crippen molar-refractivity contribution >= 4 is 22.4 Å². The lowest BCUT2D eigenvalue weighted by atomic mass is 9.96. The van der Waals surface area contributed by atoms with E-state index in [4.69, 9.17) is 4.74 Å². The summed E-state index contributed by atoms with van der Waals surface area (Å²) in [5.74, 6) is 0.775. The Morgan fingerprint density at radius 2 is 2.05 bits per heavy atom. The highest BCUT2D eigenvalue weighted by Gasteiger charge is 2.22. The smallest absolute Gasteiger partial charge is 0.319 e. The van der Waals surface area contributed by atoms with Gasteiger partial charge in [-0.15, -0.1) is 11.3 Å². The predicted molar refractivity (Wildman–Crippen MR) is 88.7 cm³/mol. The number of anilines is 1. The SMILES string of the molecule is COc1ccc(CC(C)(O)CNC(=O)Nc2cccs2)cc1. The summed E-state index contributed by atoms with van der Waals surface area (Å²) in [6.07, 6.45) is 0.441. The number of methoxy groups -OCH3 is 1. The highest BCUT2D eigenvalue weighted by Crippen LogP contribution is 2.17. The monoisotopic (exact) mass is 320 g/mol. The molecule has 0 radical (unpaired) electrons. The largest absolute Gasteiger partial charge is 0.497 e. The molecule has 1 aromatic carbocycles. The minimum atomic E-state index is -1.03. The van der Waals surface area contributed by atoms with Crippen LogP contribution in [0.3, 0.4) is 0 Å². The molecule has 1 unspecified atom stereocenters. The van der Waals surface area contributed by atoms with Gasteiger partial charge in [0.2, 0.25) is 0 Å². The number of carbonyl (C=O) groups excluding carboxylic acids is 1. The summed E-state index contributed by atoms with van der Waals surface area (Å²) in [6.45, 7) is 1.86. The number of benzene rings is 1. The molecule has 3 N–H and O–H groups in total. The van der Waals surface area contributed by atoms with E-state index >= 15 is 0 Å². The van der Waals surface area contributed by atoms with Gasteiger partial charge in [0.05, 0.1) is 17.7 Å². The Kier molecular flexibility index (Phi) is 5.41. The van der Waals surface area contributed by atoms with E-state index in [1.54, 1.807) is 14.0 Å². The van der Waals surface area contributed by atoms with Gasteiger partial charge in [-0.25, -0.2) is 4.79 Å². The molecule has 1 heterocycles. The summed E-state index contributed by atoms with van der Waals surface area (Å²) in [6, 6.07) is 10.9. The second kappa shape index (κ2) is 7.29. The van der Waals surface area contributed by atoms with E-state index in [9.17, 15) is 9.90 Å². The summed E-state index contributed by atoms with van der Waals surface area (Å²) in [4.78, 5) is 11.7. The Hall–Kier alpha value is -2.05. The van der Waals surface area contributed by atoms with Gasteiger partial charge < -0.3 is 15.2 Å². The molecule has 2 aromatic rings. The van der Waals surface area contributed by atoms with Gasteiger partial charge in [0.15, 0.2) is 0 Å². The van der Waals surface area contributed by atoms with Crippen molar-refractivity contribution in [1.82, 2.24) is 5.32 Å². The Balaban J connectivity index is 1.83. The van der Waals surface area contributed by atoms with Gasteiger partial charge in [-0.2, -0.15) is 0 Å². The molecule has 1 aromatic heterocycles. The average Bonchev–Trinajstić information content (AvgIpc) is 2.99. The summed E-state index contributed by atoms with van der Waals surface area (Å²) < 4.78 is 5.10. The average molecular weight is 320 g/mol. The number of urea groups is 1. The van der Waals surface area contributed by atoms with Crippen LogP contribution in [-0.2, 0) is 6.42 Å². The summed E-state index contributed by atoms with van der Waals surface area (Å²) >= 11 is 1.44. The van der Waals surface area contributed by atoms with Gasteiger partial charge in [-0.3, -0.25) is 5.32 Å². The van der Waals surface area contributed by atoms with Crippen LogP contribution in [0.4, 0.5) is 9.80 Å². The molecule has 22 heavy (non-hydrogen) atoms. The van der Waals surface area contributed by atoms with Gasteiger partial charge >= 0.3 is 6.03 Å². The van der Waals surface area contributed by atoms with E-state index in [0.717, 1.165) is 16.3 Å². The number of rotatable bonds is 6. The number of hydrogen-bond donors (Lipinski definition) is 3. The van der Waals surface area contributed by atoms with Crippen molar-refractivity contribution in [2.75, 3.05) is 19.0 Å². The minimum Gasteiger partial charge on any atom is -0.497 e. The molecule has 0 aliphatic heterocycles. The summed E-state index contributed by atoms with van der Waals surface area (Å²) in [5, 5.41) is 18.5. The molecule has 2 rings (SSSR count). The quantitative estimate of drug-likeness (QED) is 0.766. The molecule has 2 amide bonds. The first-order valence-corrected chi connectivity index (χ1v) is 7.80. The summed E-state index contributed by atoms with van der Waals surface area (Å²) in [5.41, 5.74) is -0.0484. The number of hydrogen-bond acceptors (Lipinski definition) is 4. The molecule has 1 atom stereocenters. The van der Waals surface area contributed by atoms with E-state index in [0.29, 0.717) is 6.42 Å². The van der Waals surface area contributed by atoms with E-state index in [1.165, 1.54) is 11.3 Å². The van der Waals surface area contributed by atoms with E-state index in [1.807, 2.05) is 41.8 Å². The molecule has 0 fully saturated rings. The third kappa shape index (κ3) is 5.05. The Bertz CT molecular complexity index is 594. The van der Waals surface area contributed by atoms with Gasteiger partial charge in [-0.05, 0) is 42.1 Å². The van der Waals surface area contributed by atoms with Crippen molar-refractivity contribution in [3.05, 3.63) is 47.3 Å². The van der Waals surface area contributed by atoms with Gasteiger partial charge in [0.25, 0.3) is 0 Å². The van der Waals surface area contributed by atoms with Crippen LogP contribution in [0.2, 0.25) is 0 Å². The normalized spacial score (nSPS) is 13.2. The van der Waals surface area contributed by atoms with E-state index in [2.05, 4.69) is 10.6 Å². The van der Waals surface area contributed by atoms with Crippen molar-refractivity contribution in [2.45, 2.75) is 18.9 Å². The second-order valence-corrected chi connectivity index (χ2v) is 6.25. The first-order chi connectivity index (χ1) is 10.5. The minimum absolute atomic E-state index is 0.163.